The fourth-order valence-corrected chi connectivity index (χ4v) is 3.02. The summed E-state index contributed by atoms with van der Waals surface area (Å²) in [6, 6.07) is 4.94. The van der Waals surface area contributed by atoms with E-state index in [0.717, 1.165) is 32.0 Å². The Bertz CT molecular complexity index is 860. The number of carbonyl (C=O) groups is 1. The number of alkyl halides is 6. The molecule has 1 aromatic carbocycles. The summed E-state index contributed by atoms with van der Waals surface area (Å²) in [5, 5.41) is 4.11. The molecule has 0 aliphatic carbocycles. The molecule has 0 spiro atoms. The topological polar surface area (TPSA) is 55.7 Å². The first-order valence-electron chi connectivity index (χ1n) is 9.04. The van der Waals surface area contributed by atoms with Gasteiger partial charge < -0.3 is 14.8 Å². The number of hydrogen-bond donors (Lipinski definition) is 1. The Kier molecular flexibility index (Phi) is 6.46. The van der Waals surface area contributed by atoms with E-state index in [1.165, 1.54) is 0 Å². The molecule has 1 aliphatic rings. The van der Waals surface area contributed by atoms with Crippen molar-refractivity contribution >= 4 is 22.6 Å². The highest BCUT2D eigenvalue weighted by Crippen LogP contribution is 2.36. The zero-order valence-corrected chi connectivity index (χ0v) is 15.6. The van der Waals surface area contributed by atoms with Gasteiger partial charge in [-0.3, -0.25) is 9.47 Å². The number of ether oxygens (including phenoxy) is 2. The average Bonchev–Trinajstić information content (AvgIpc) is 3.08. The van der Waals surface area contributed by atoms with Crippen molar-refractivity contribution in [1.82, 2.24) is 9.47 Å². The van der Waals surface area contributed by atoms with Gasteiger partial charge in [-0.1, -0.05) is 6.07 Å². The maximum Gasteiger partial charge on any atom is 0.434 e. The molecule has 6 nitrogen and oxygen atoms in total. The first-order chi connectivity index (χ1) is 14.0. The Hall–Kier alpha value is -2.47. The third-order valence-corrected chi connectivity index (χ3v) is 4.53. The summed E-state index contributed by atoms with van der Waals surface area (Å²) in [5.74, 6) is 0. The van der Waals surface area contributed by atoms with Crippen molar-refractivity contribution in [2.75, 3.05) is 44.7 Å². The second-order valence-electron chi connectivity index (χ2n) is 6.74. The van der Waals surface area contributed by atoms with Crippen LogP contribution in [0.3, 0.4) is 0 Å². The Labute approximate surface area is 167 Å². The SMILES string of the molecule is O=C(OC(C(F)(F)F)C(F)(F)F)n1cc2ccc(NCCN3CCOCC3)cc2c1. The van der Waals surface area contributed by atoms with Crippen molar-refractivity contribution in [3.8, 4) is 0 Å². The molecule has 1 fully saturated rings. The van der Waals surface area contributed by atoms with Crippen LogP contribution in [0.1, 0.15) is 0 Å². The second-order valence-corrected chi connectivity index (χ2v) is 6.74. The summed E-state index contributed by atoms with van der Waals surface area (Å²) in [6.45, 7) is 4.45. The number of rotatable bonds is 5. The highest BCUT2D eigenvalue weighted by Gasteiger charge is 2.60. The number of nitrogens with one attached hydrogen (secondary N) is 1. The third-order valence-electron chi connectivity index (χ3n) is 4.53. The maximum absolute atomic E-state index is 12.6. The molecule has 1 saturated heterocycles. The van der Waals surface area contributed by atoms with E-state index in [0.29, 0.717) is 40.8 Å². The molecule has 30 heavy (non-hydrogen) atoms. The number of benzene rings is 1. The number of morpholine rings is 1. The van der Waals surface area contributed by atoms with Gasteiger partial charge in [-0.15, -0.1) is 0 Å². The predicted molar refractivity (Wildman–Crippen MR) is 95.5 cm³/mol. The second kappa shape index (κ2) is 8.72. The Morgan fingerprint density at radius 3 is 2.33 bits per heavy atom. The first-order valence-corrected chi connectivity index (χ1v) is 9.04. The minimum absolute atomic E-state index is 0.457. The van der Waals surface area contributed by atoms with Crippen LogP contribution >= 0.6 is 0 Å². The first kappa shape index (κ1) is 22.2. The standard InChI is InChI=1S/C18H19F6N3O3/c19-17(20,21)15(18(22,23)24)30-16(28)27-10-12-1-2-14(9-13(12)11-27)25-3-4-26-5-7-29-8-6-26/h1-2,9-11,15,25H,3-8H2. The van der Waals surface area contributed by atoms with Gasteiger partial charge in [-0.25, -0.2) is 4.79 Å². The molecule has 2 heterocycles. The van der Waals surface area contributed by atoms with Crippen molar-refractivity contribution in [3.63, 3.8) is 0 Å². The number of carbonyl (C=O) groups excluding carboxylic acids is 1. The zero-order chi connectivity index (χ0) is 21.9. The molecule has 0 unspecified atom stereocenters. The molecule has 3 rings (SSSR count). The van der Waals surface area contributed by atoms with Crippen molar-refractivity contribution in [2.24, 2.45) is 0 Å². The lowest BCUT2D eigenvalue weighted by Gasteiger charge is -2.26. The Balaban J connectivity index is 1.65. The molecule has 0 radical (unpaired) electrons. The smallest absolute Gasteiger partial charge is 0.426 e. The highest BCUT2D eigenvalue weighted by atomic mass is 19.4. The minimum Gasteiger partial charge on any atom is -0.426 e. The Morgan fingerprint density at radius 2 is 1.70 bits per heavy atom. The third kappa shape index (κ3) is 5.57. The van der Waals surface area contributed by atoms with Gasteiger partial charge in [-0.05, 0) is 12.1 Å². The highest BCUT2D eigenvalue weighted by molar-refractivity contribution is 5.89. The number of fused-ring (bicyclic) bond motifs is 1. The normalized spacial score (nSPS) is 16.2. The molecule has 0 bridgehead atoms. The Morgan fingerprint density at radius 1 is 1.07 bits per heavy atom. The summed E-state index contributed by atoms with van der Waals surface area (Å²) >= 11 is 0. The van der Waals surface area contributed by atoms with Crippen LogP contribution < -0.4 is 5.32 Å². The fraction of sp³-hybridized carbons (Fsp3) is 0.500. The summed E-state index contributed by atoms with van der Waals surface area (Å²) in [5.41, 5.74) is 0.699. The van der Waals surface area contributed by atoms with Crippen LogP contribution in [0.2, 0.25) is 0 Å². The lowest BCUT2D eigenvalue weighted by molar-refractivity contribution is -0.306. The van der Waals surface area contributed by atoms with Crippen molar-refractivity contribution in [3.05, 3.63) is 30.6 Å². The molecule has 0 amide bonds. The summed E-state index contributed by atoms with van der Waals surface area (Å²) in [7, 11) is 0. The predicted octanol–water partition coefficient (Wildman–Crippen LogP) is 3.86. The van der Waals surface area contributed by atoms with Gasteiger partial charge in [-0.2, -0.15) is 26.3 Å². The van der Waals surface area contributed by atoms with Crippen LogP contribution in [0.25, 0.3) is 10.8 Å². The molecule has 1 aromatic heterocycles. The average molecular weight is 439 g/mol. The van der Waals surface area contributed by atoms with E-state index in [-0.39, 0.29) is 0 Å². The molecular weight excluding hydrogens is 420 g/mol. The lowest BCUT2D eigenvalue weighted by Crippen LogP contribution is -2.46. The molecule has 12 heteroatoms. The van der Waals surface area contributed by atoms with Crippen molar-refractivity contribution in [1.29, 1.82) is 0 Å². The van der Waals surface area contributed by atoms with Gasteiger partial charge in [0.1, 0.15) is 0 Å². The zero-order valence-electron chi connectivity index (χ0n) is 15.6. The molecule has 1 N–H and O–H groups in total. The van der Waals surface area contributed by atoms with Gasteiger partial charge in [0.2, 0.25) is 0 Å². The van der Waals surface area contributed by atoms with Gasteiger partial charge in [0.05, 0.1) is 13.2 Å². The molecule has 166 valence electrons. The largest absolute Gasteiger partial charge is 0.434 e. The van der Waals surface area contributed by atoms with E-state index >= 15 is 0 Å². The van der Waals surface area contributed by atoms with Crippen LogP contribution in [0, 0.1) is 0 Å². The van der Waals surface area contributed by atoms with Crippen LogP contribution in [-0.4, -0.2) is 73.4 Å². The van der Waals surface area contributed by atoms with E-state index in [1.54, 1.807) is 18.2 Å². The monoisotopic (exact) mass is 439 g/mol. The molecule has 0 saturated carbocycles. The van der Waals surface area contributed by atoms with E-state index in [1.807, 2.05) is 0 Å². The summed E-state index contributed by atoms with van der Waals surface area (Å²) in [6.07, 6.45) is -15.3. The van der Waals surface area contributed by atoms with E-state index < -0.39 is 24.5 Å². The van der Waals surface area contributed by atoms with E-state index in [9.17, 15) is 31.1 Å². The summed E-state index contributed by atoms with van der Waals surface area (Å²) in [4.78, 5) is 14.1. The maximum atomic E-state index is 12.6. The lowest BCUT2D eigenvalue weighted by atomic mass is 10.2. The number of halogens is 6. The van der Waals surface area contributed by atoms with Crippen LogP contribution in [0.15, 0.2) is 30.6 Å². The van der Waals surface area contributed by atoms with Crippen LogP contribution in [-0.2, 0) is 9.47 Å². The molecule has 1 aliphatic heterocycles. The van der Waals surface area contributed by atoms with Gasteiger partial charge >= 0.3 is 18.4 Å². The van der Waals surface area contributed by atoms with Crippen LogP contribution in [0.5, 0.6) is 0 Å². The number of aromatic nitrogens is 1. The minimum atomic E-state index is -5.77. The van der Waals surface area contributed by atoms with Gasteiger partial charge in [0.25, 0.3) is 6.10 Å². The molecular formula is C18H19F6N3O3. The van der Waals surface area contributed by atoms with Crippen molar-refractivity contribution < 1.29 is 40.6 Å². The van der Waals surface area contributed by atoms with Crippen molar-refractivity contribution in [2.45, 2.75) is 18.5 Å². The molecule has 2 aromatic rings. The van der Waals surface area contributed by atoms with E-state index in [4.69, 9.17) is 4.74 Å². The fourth-order valence-electron chi connectivity index (χ4n) is 3.02. The van der Waals surface area contributed by atoms with E-state index in [2.05, 4.69) is 15.0 Å². The number of nitrogens with zero attached hydrogens (tertiary/aromatic N) is 2. The van der Waals surface area contributed by atoms with Gasteiger partial charge in [0.15, 0.2) is 0 Å². The number of anilines is 1. The summed E-state index contributed by atoms with van der Waals surface area (Å²) < 4.78 is 85.0. The van der Waals surface area contributed by atoms with Gasteiger partial charge in [0, 0.05) is 55.0 Å². The number of hydrogen-bond acceptors (Lipinski definition) is 5. The van der Waals surface area contributed by atoms with Crippen LogP contribution in [0.4, 0.5) is 36.8 Å². The quantitative estimate of drug-likeness (QED) is 0.718. The molecule has 0 atom stereocenters.